The molecule has 50 heavy (non-hydrogen) atoms. The molecule has 0 radical (unpaired) electrons. The lowest BCUT2D eigenvalue weighted by Gasteiger charge is -2.21. The predicted molar refractivity (Wildman–Crippen MR) is 210 cm³/mol. The van der Waals surface area contributed by atoms with E-state index >= 15 is 0 Å². The maximum absolute atomic E-state index is 12.1. The maximum Gasteiger partial charge on any atom is 0.207 e. The van der Waals surface area contributed by atoms with Crippen LogP contribution in [0.4, 0.5) is 5.69 Å². The molecule has 5 rings (SSSR count). The second-order valence-electron chi connectivity index (χ2n) is 12.9. The van der Waals surface area contributed by atoms with Crippen LogP contribution in [0, 0.1) is 27.7 Å². The fourth-order valence-corrected chi connectivity index (χ4v) is 7.35. The number of anilines is 1. The van der Waals surface area contributed by atoms with Crippen LogP contribution < -0.4 is 10.6 Å². The molecule has 2 N–H and O–H groups in total. The molecule has 0 aliphatic rings. The highest BCUT2D eigenvalue weighted by Gasteiger charge is 2.23. The summed E-state index contributed by atoms with van der Waals surface area (Å²) in [5, 5.41) is 13.5. The third kappa shape index (κ3) is 7.59. The molecule has 0 aliphatic carbocycles. The van der Waals surface area contributed by atoms with Gasteiger partial charge in [0.1, 0.15) is 6.29 Å². The van der Waals surface area contributed by atoms with Crippen LogP contribution in [0.2, 0.25) is 10.0 Å². The number of unbranched alkanes of at least 4 members (excludes halogenated alkanes) is 1. The lowest BCUT2D eigenvalue weighted by Crippen LogP contribution is -2.21. The first kappa shape index (κ1) is 36.7. The smallest absolute Gasteiger partial charge is 0.207 e. The zero-order valence-electron chi connectivity index (χ0n) is 29.7. The third-order valence-electron chi connectivity index (χ3n) is 9.46. The van der Waals surface area contributed by atoms with Crippen LogP contribution in [0.1, 0.15) is 74.5 Å². The van der Waals surface area contributed by atoms with Crippen LogP contribution in [0.5, 0.6) is 0 Å². The quantitative estimate of drug-likeness (QED) is 0.0644. The van der Waals surface area contributed by atoms with Crippen LogP contribution in [-0.4, -0.2) is 40.1 Å². The van der Waals surface area contributed by atoms with E-state index in [9.17, 15) is 9.59 Å². The van der Waals surface area contributed by atoms with E-state index in [-0.39, 0.29) is 0 Å². The highest BCUT2D eigenvalue weighted by molar-refractivity contribution is 6.34. The Kier molecular flexibility index (Phi) is 11.7. The van der Waals surface area contributed by atoms with Crippen molar-refractivity contribution in [1.82, 2.24) is 19.7 Å². The van der Waals surface area contributed by atoms with E-state index in [1.807, 2.05) is 56.9 Å². The number of fused-ring (bicyclic) bond motifs is 1. The average Bonchev–Trinajstić information content (AvgIpc) is 3.55. The van der Waals surface area contributed by atoms with Gasteiger partial charge in [-0.15, -0.1) is 0 Å². The topological polar surface area (TPSA) is 81.0 Å². The molecule has 2 heterocycles. The van der Waals surface area contributed by atoms with Gasteiger partial charge in [0.15, 0.2) is 0 Å². The molecule has 0 aliphatic heterocycles. The van der Waals surface area contributed by atoms with Crippen molar-refractivity contribution in [2.45, 2.75) is 53.4 Å². The summed E-state index contributed by atoms with van der Waals surface area (Å²) in [6.45, 7) is 13.1. The minimum atomic E-state index is 0.439. The largest absolute Gasteiger partial charge is 0.382 e. The number of rotatable bonds is 15. The van der Waals surface area contributed by atoms with Gasteiger partial charge in [0, 0.05) is 71.2 Å². The Morgan fingerprint density at radius 3 is 2.32 bits per heavy atom. The molecule has 0 saturated carbocycles. The van der Waals surface area contributed by atoms with Gasteiger partial charge >= 0.3 is 0 Å². The highest BCUT2D eigenvalue weighted by Crippen LogP contribution is 2.44. The van der Waals surface area contributed by atoms with E-state index in [1.165, 1.54) is 5.56 Å². The lowest BCUT2D eigenvalue weighted by molar-refractivity contribution is -0.109. The highest BCUT2D eigenvalue weighted by atomic mass is 35.5. The number of carbonyl (C=O) groups excluding carboxylic acids is 2. The minimum absolute atomic E-state index is 0.439. The molecule has 3 aromatic carbocycles. The van der Waals surface area contributed by atoms with E-state index in [2.05, 4.69) is 66.0 Å². The Bertz CT molecular complexity index is 2100. The number of allylic oxidation sites excluding steroid dienone is 1. The Morgan fingerprint density at radius 2 is 1.68 bits per heavy atom. The van der Waals surface area contributed by atoms with Gasteiger partial charge in [0.2, 0.25) is 6.41 Å². The van der Waals surface area contributed by atoms with E-state index in [0.717, 1.165) is 110 Å². The van der Waals surface area contributed by atoms with E-state index in [4.69, 9.17) is 28.3 Å². The van der Waals surface area contributed by atoms with Gasteiger partial charge in [-0.2, -0.15) is 5.10 Å². The van der Waals surface area contributed by atoms with E-state index in [1.54, 1.807) is 0 Å². The van der Waals surface area contributed by atoms with Crippen molar-refractivity contribution in [2.24, 2.45) is 14.1 Å². The van der Waals surface area contributed by atoms with Gasteiger partial charge in [0.25, 0.3) is 0 Å². The van der Waals surface area contributed by atoms with E-state index < -0.39 is 0 Å². The van der Waals surface area contributed by atoms with Gasteiger partial charge in [-0.3, -0.25) is 14.3 Å². The number of nitrogens with one attached hydrogen (secondary N) is 2. The standard InChI is InChI=1S/C41H45Cl2N5O2/c1-8-34-22-33-20-30(23-49)19-32(41(33)47(34)6)21-31(12-10-9-11-29-17-25(2)39(43)26(3)18-29)35-13-14-36(42)38(40(35)45-16-15-44-24-50)37-27(4)46-48(7)28(37)5/h8,13-14,17-24,45H,1,9-12,15-16H2,2-7H3,(H,44,50)/b31-21+. The second-order valence-corrected chi connectivity index (χ2v) is 13.7. The molecular weight excluding hydrogens is 665 g/mol. The molecular formula is C41H45Cl2N5O2. The van der Waals surface area contributed by atoms with Crippen molar-refractivity contribution < 1.29 is 9.59 Å². The zero-order chi connectivity index (χ0) is 36.1. The summed E-state index contributed by atoms with van der Waals surface area (Å²) >= 11 is 13.5. The number of hydrogen-bond donors (Lipinski definition) is 2. The summed E-state index contributed by atoms with van der Waals surface area (Å²) in [5.41, 5.74) is 13.7. The number of carbonyl (C=O) groups is 2. The number of amides is 1. The molecule has 1 amide bonds. The van der Waals surface area contributed by atoms with Crippen LogP contribution in [0.3, 0.4) is 0 Å². The number of nitrogens with zero attached hydrogens (tertiary/aromatic N) is 3. The fraction of sp³-hybridized carbons (Fsp3) is 0.293. The molecule has 2 aromatic heterocycles. The van der Waals surface area contributed by atoms with Crippen molar-refractivity contribution >= 4 is 70.2 Å². The summed E-state index contributed by atoms with van der Waals surface area (Å²) < 4.78 is 3.99. The van der Waals surface area contributed by atoms with Gasteiger partial charge in [-0.05, 0) is 118 Å². The van der Waals surface area contributed by atoms with Crippen molar-refractivity contribution in [3.8, 4) is 11.1 Å². The molecule has 0 saturated heterocycles. The first-order valence-electron chi connectivity index (χ1n) is 16.9. The van der Waals surface area contributed by atoms with Gasteiger partial charge in [-0.1, -0.05) is 48.0 Å². The van der Waals surface area contributed by atoms with Gasteiger partial charge in [0.05, 0.1) is 21.9 Å². The van der Waals surface area contributed by atoms with Crippen molar-refractivity contribution in [2.75, 3.05) is 18.4 Å². The maximum atomic E-state index is 12.1. The number of aromatic nitrogens is 3. The van der Waals surface area contributed by atoms with Crippen LogP contribution >= 0.6 is 23.2 Å². The molecule has 9 heteroatoms. The Hall–Kier alpha value is -4.59. The molecule has 260 valence electrons. The first-order valence-corrected chi connectivity index (χ1v) is 17.7. The van der Waals surface area contributed by atoms with Crippen LogP contribution in [-0.2, 0) is 25.3 Å². The molecule has 0 fully saturated rings. The third-order valence-corrected chi connectivity index (χ3v) is 10.4. The Morgan fingerprint density at radius 1 is 0.940 bits per heavy atom. The van der Waals surface area contributed by atoms with Gasteiger partial charge in [-0.25, -0.2) is 0 Å². The Labute approximate surface area is 305 Å². The fourth-order valence-electron chi connectivity index (χ4n) is 6.98. The number of aldehydes is 1. The second kappa shape index (κ2) is 16.0. The predicted octanol–water partition coefficient (Wildman–Crippen LogP) is 9.69. The summed E-state index contributed by atoms with van der Waals surface area (Å²) in [5.74, 6) is 0. The first-order chi connectivity index (χ1) is 24.0. The SMILES string of the molecule is C=Cc1cc2cc(C=O)cc(/C=C(\CCCCc3cc(C)c(Cl)c(C)c3)c3ccc(Cl)c(-c4c(C)nn(C)c4C)c3NCCNC=O)c2n1C. The summed E-state index contributed by atoms with van der Waals surface area (Å²) in [4.78, 5) is 23.3. The molecule has 0 bridgehead atoms. The Balaban J connectivity index is 1.68. The minimum Gasteiger partial charge on any atom is -0.382 e. The molecule has 0 spiro atoms. The van der Waals surface area contributed by atoms with Crippen molar-refractivity contribution in [1.29, 1.82) is 0 Å². The summed E-state index contributed by atoms with van der Waals surface area (Å²) in [6, 6.07) is 14.3. The molecule has 0 atom stereocenters. The molecule has 5 aromatic rings. The lowest BCUT2D eigenvalue weighted by atomic mass is 9.90. The summed E-state index contributed by atoms with van der Waals surface area (Å²) in [6.07, 6.45) is 9.23. The van der Waals surface area contributed by atoms with Crippen molar-refractivity contribution in [3.63, 3.8) is 0 Å². The zero-order valence-corrected chi connectivity index (χ0v) is 31.2. The van der Waals surface area contributed by atoms with Crippen molar-refractivity contribution in [3.05, 3.63) is 110 Å². The number of hydrogen-bond acceptors (Lipinski definition) is 4. The monoisotopic (exact) mass is 709 g/mol. The molecule has 7 nitrogen and oxygen atoms in total. The number of halogens is 2. The average molecular weight is 711 g/mol. The van der Waals surface area contributed by atoms with Crippen LogP contribution in [0.25, 0.3) is 39.8 Å². The van der Waals surface area contributed by atoms with Crippen LogP contribution in [0.15, 0.2) is 49.0 Å². The number of benzene rings is 3. The van der Waals surface area contributed by atoms with Gasteiger partial charge < -0.3 is 15.2 Å². The van der Waals surface area contributed by atoms with E-state index in [0.29, 0.717) is 30.1 Å². The normalized spacial score (nSPS) is 11.6. The molecule has 0 unspecified atom stereocenters. The number of aryl methyl sites for hydroxylation is 6. The summed E-state index contributed by atoms with van der Waals surface area (Å²) in [7, 11) is 3.96.